The third kappa shape index (κ3) is 6.60. The molecule has 0 bridgehead atoms. The van der Waals surface area contributed by atoms with E-state index in [0.717, 1.165) is 12.5 Å². The topological polar surface area (TPSA) is 61.9 Å². The van der Waals surface area contributed by atoms with Gasteiger partial charge in [0, 0.05) is 32.2 Å². The van der Waals surface area contributed by atoms with Crippen LogP contribution in [-0.4, -0.2) is 59.1 Å². The first-order valence-corrected chi connectivity index (χ1v) is 11.1. The van der Waals surface area contributed by atoms with E-state index < -0.39 is 29.5 Å². The molecular weight excluding hydrogens is 423 g/mol. The van der Waals surface area contributed by atoms with Gasteiger partial charge in [-0.1, -0.05) is 18.2 Å². The van der Waals surface area contributed by atoms with Crippen LogP contribution in [0.4, 0.5) is 18.0 Å². The van der Waals surface area contributed by atoms with Gasteiger partial charge >= 0.3 is 12.3 Å². The fourth-order valence-corrected chi connectivity index (χ4v) is 4.22. The van der Waals surface area contributed by atoms with Crippen LogP contribution in [0.2, 0.25) is 0 Å². The van der Waals surface area contributed by atoms with Gasteiger partial charge in [0.2, 0.25) is 5.91 Å². The largest absolute Gasteiger partial charge is 0.444 e. The fraction of sp³-hybridized carbons (Fsp3) is 0.652. The van der Waals surface area contributed by atoms with Crippen molar-refractivity contribution in [3.8, 4) is 0 Å². The van der Waals surface area contributed by atoms with Gasteiger partial charge in [0.15, 0.2) is 0 Å². The third-order valence-corrected chi connectivity index (χ3v) is 5.78. The molecule has 2 aliphatic rings. The molecule has 0 aromatic heterocycles. The van der Waals surface area contributed by atoms with Crippen LogP contribution in [0.1, 0.15) is 57.6 Å². The monoisotopic (exact) mass is 455 g/mol. The quantitative estimate of drug-likeness (QED) is 0.740. The summed E-state index contributed by atoms with van der Waals surface area (Å²) in [7, 11) is 0. The summed E-state index contributed by atoms with van der Waals surface area (Å²) in [5.74, 6) is -0.162. The molecule has 2 saturated heterocycles. The van der Waals surface area contributed by atoms with E-state index in [0.29, 0.717) is 51.0 Å². The summed E-state index contributed by atoms with van der Waals surface area (Å²) in [6, 6.07) is 4.88. The Morgan fingerprint density at radius 3 is 2.41 bits per heavy atom. The highest BCUT2D eigenvalue weighted by molar-refractivity contribution is 5.86. The fourth-order valence-electron chi connectivity index (χ4n) is 4.22. The number of nitrogens with one attached hydrogen (secondary N) is 1. The summed E-state index contributed by atoms with van der Waals surface area (Å²) < 4.78 is 44.2. The van der Waals surface area contributed by atoms with E-state index in [-0.39, 0.29) is 11.9 Å². The molecule has 1 aromatic rings. The van der Waals surface area contributed by atoms with Gasteiger partial charge < -0.3 is 10.1 Å². The molecule has 0 aliphatic carbocycles. The van der Waals surface area contributed by atoms with Crippen molar-refractivity contribution in [2.75, 3.05) is 19.6 Å². The molecular formula is C23H32F3N3O3. The number of ether oxygens (including phenoxy) is 1. The molecule has 0 spiro atoms. The Morgan fingerprint density at radius 2 is 1.78 bits per heavy atom. The zero-order valence-corrected chi connectivity index (χ0v) is 18.9. The van der Waals surface area contributed by atoms with Crippen molar-refractivity contribution in [2.24, 2.45) is 0 Å². The van der Waals surface area contributed by atoms with Crippen molar-refractivity contribution in [2.45, 2.75) is 76.9 Å². The Bertz CT molecular complexity index is 815. The van der Waals surface area contributed by atoms with Gasteiger partial charge in [-0.05, 0) is 58.1 Å². The number of hydrogen-bond donors (Lipinski definition) is 1. The second kappa shape index (κ2) is 9.68. The highest BCUT2D eigenvalue weighted by Gasteiger charge is 2.37. The van der Waals surface area contributed by atoms with E-state index in [1.165, 1.54) is 17.0 Å². The molecule has 32 heavy (non-hydrogen) atoms. The maximum atomic E-state index is 12.9. The summed E-state index contributed by atoms with van der Waals surface area (Å²) in [6.07, 6.45) is -2.02. The second-order valence-corrected chi connectivity index (χ2v) is 9.59. The van der Waals surface area contributed by atoms with Crippen molar-refractivity contribution in [3.63, 3.8) is 0 Å². The van der Waals surface area contributed by atoms with Crippen LogP contribution in [0.15, 0.2) is 24.3 Å². The number of piperidine rings is 1. The van der Waals surface area contributed by atoms with Crippen molar-refractivity contribution in [1.82, 2.24) is 15.1 Å². The SMILES string of the molecule is CC(C)(C)OC(=O)N1CCCC1C(=O)NC1CCN(Cc2cccc(C(F)(F)F)c2)CC1. The number of rotatable bonds is 4. The minimum absolute atomic E-state index is 0.0126. The first-order valence-electron chi connectivity index (χ1n) is 11.1. The number of likely N-dealkylation sites (tertiary alicyclic amines) is 2. The van der Waals surface area contributed by atoms with Crippen molar-refractivity contribution in [3.05, 3.63) is 35.4 Å². The predicted octanol–water partition coefficient (Wildman–Crippen LogP) is 4.19. The van der Waals surface area contributed by atoms with Crippen LogP contribution in [0, 0.1) is 0 Å². The minimum atomic E-state index is -4.35. The molecule has 1 unspecified atom stereocenters. The molecule has 2 amide bonds. The Morgan fingerprint density at radius 1 is 1.09 bits per heavy atom. The summed E-state index contributed by atoms with van der Waals surface area (Å²) in [5, 5.41) is 3.06. The minimum Gasteiger partial charge on any atom is -0.444 e. The number of alkyl halides is 3. The van der Waals surface area contributed by atoms with Gasteiger partial charge in [-0.15, -0.1) is 0 Å². The molecule has 6 nitrogen and oxygen atoms in total. The Balaban J connectivity index is 1.48. The molecule has 178 valence electrons. The molecule has 0 saturated carbocycles. The molecule has 2 aliphatic heterocycles. The molecule has 0 radical (unpaired) electrons. The number of hydrogen-bond acceptors (Lipinski definition) is 4. The van der Waals surface area contributed by atoms with E-state index >= 15 is 0 Å². The number of nitrogens with zero attached hydrogens (tertiary/aromatic N) is 2. The lowest BCUT2D eigenvalue weighted by atomic mass is 10.0. The lowest BCUT2D eigenvalue weighted by Crippen LogP contribution is -2.52. The van der Waals surface area contributed by atoms with E-state index in [2.05, 4.69) is 10.2 Å². The van der Waals surface area contributed by atoms with Crippen LogP contribution in [0.25, 0.3) is 0 Å². The summed E-state index contributed by atoms with van der Waals surface area (Å²) in [5.41, 5.74) is -0.628. The summed E-state index contributed by atoms with van der Waals surface area (Å²) in [4.78, 5) is 28.8. The van der Waals surface area contributed by atoms with E-state index in [1.807, 2.05) is 0 Å². The lowest BCUT2D eigenvalue weighted by molar-refractivity contribution is -0.137. The van der Waals surface area contributed by atoms with Crippen LogP contribution in [0.3, 0.4) is 0 Å². The molecule has 3 rings (SSSR count). The number of amides is 2. The highest BCUT2D eigenvalue weighted by atomic mass is 19.4. The summed E-state index contributed by atoms with van der Waals surface area (Å²) >= 11 is 0. The normalized spacial score (nSPS) is 20.9. The lowest BCUT2D eigenvalue weighted by Gasteiger charge is -2.34. The average molecular weight is 456 g/mol. The van der Waals surface area contributed by atoms with Crippen LogP contribution in [-0.2, 0) is 22.3 Å². The molecule has 9 heteroatoms. The van der Waals surface area contributed by atoms with Gasteiger partial charge in [-0.2, -0.15) is 13.2 Å². The molecule has 1 atom stereocenters. The zero-order chi connectivity index (χ0) is 23.5. The molecule has 2 heterocycles. The second-order valence-electron chi connectivity index (χ2n) is 9.59. The standard InChI is InChI=1S/C23H32F3N3O3/c1-22(2,3)32-21(31)29-11-5-8-19(29)20(30)27-18-9-12-28(13-10-18)15-16-6-4-7-17(14-16)23(24,25)26/h4,6-7,14,18-19H,5,8-13,15H2,1-3H3,(H,27,30). The Hall–Kier alpha value is -2.29. The number of carbonyl (C=O) groups is 2. The maximum absolute atomic E-state index is 12.9. The molecule has 1 aromatic carbocycles. The number of carbonyl (C=O) groups excluding carboxylic acids is 2. The number of benzene rings is 1. The van der Waals surface area contributed by atoms with E-state index in [1.54, 1.807) is 26.8 Å². The molecule has 2 fully saturated rings. The predicted molar refractivity (Wildman–Crippen MR) is 114 cm³/mol. The maximum Gasteiger partial charge on any atom is 0.416 e. The van der Waals surface area contributed by atoms with Gasteiger partial charge in [-0.25, -0.2) is 4.79 Å². The Kier molecular flexibility index (Phi) is 7.37. The Labute approximate surface area is 187 Å². The number of halogens is 3. The van der Waals surface area contributed by atoms with Gasteiger partial charge in [0.25, 0.3) is 0 Å². The van der Waals surface area contributed by atoms with Gasteiger partial charge in [-0.3, -0.25) is 14.6 Å². The summed E-state index contributed by atoms with van der Waals surface area (Å²) in [6.45, 7) is 7.70. The van der Waals surface area contributed by atoms with Gasteiger partial charge in [0.05, 0.1) is 5.56 Å². The zero-order valence-electron chi connectivity index (χ0n) is 18.9. The average Bonchev–Trinajstić information content (AvgIpc) is 3.18. The van der Waals surface area contributed by atoms with Crippen molar-refractivity contribution < 1.29 is 27.5 Å². The first-order chi connectivity index (χ1) is 14.9. The third-order valence-electron chi connectivity index (χ3n) is 5.78. The highest BCUT2D eigenvalue weighted by Crippen LogP contribution is 2.30. The van der Waals surface area contributed by atoms with Crippen LogP contribution >= 0.6 is 0 Å². The van der Waals surface area contributed by atoms with Gasteiger partial charge in [0.1, 0.15) is 11.6 Å². The van der Waals surface area contributed by atoms with E-state index in [4.69, 9.17) is 4.74 Å². The van der Waals surface area contributed by atoms with E-state index in [9.17, 15) is 22.8 Å². The first kappa shape index (κ1) is 24.4. The van der Waals surface area contributed by atoms with Crippen LogP contribution < -0.4 is 5.32 Å². The molecule has 1 N–H and O–H groups in total. The van der Waals surface area contributed by atoms with Crippen molar-refractivity contribution in [1.29, 1.82) is 0 Å². The smallest absolute Gasteiger partial charge is 0.416 e. The van der Waals surface area contributed by atoms with Crippen molar-refractivity contribution >= 4 is 12.0 Å². The van der Waals surface area contributed by atoms with Crippen LogP contribution in [0.5, 0.6) is 0 Å².